The molecule has 6 amide bonds. The van der Waals surface area contributed by atoms with Crippen LogP contribution in [0.2, 0.25) is 0 Å². The minimum Gasteiger partial charge on any atom is -0.380 e. The van der Waals surface area contributed by atoms with Gasteiger partial charge in [0.05, 0.1) is 36.4 Å². The van der Waals surface area contributed by atoms with Crippen LogP contribution in [-0.2, 0) is 41.5 Å². The van der Waals surface area contributed by atoms with Crippen molar-refractivity contribution in [3.63, 3.8) is 0 Å². The van der Waals surface area contributed by atoms with Crippen LogP contribution < -0.4 is 21.3 Å². The van der Waals surface area contributed by atoms with E-state index < -0.39 is 18.1 Å². The summed E-state index contributed by atoms with van der Waals surface area (Å²) in [4.78, 5) is 93.3. The first-order valence-electron chi connectivity index (χ1n) is 30.0. The van der Waals surface area contributed by atoms with Gasteiger partial charge in [-0.1, -0.05) is 111 Å². The minimum atomic E-state index is -0.671. The summed E-state index contributed by atoms with van der Waals surface area (Å²) in [7, 11) is 6.77. The van der Waals surface area contributed by atoms with Crippen molar-refractivity contribution in [2.24, 2.45) is 5.92 Å². The largest absolute Gasteiger partial charge is 0.380 e. The van der Waals surface area contributed by atoms with Crippen molar-refractivity contribution < 1.29 is 38.2 Å². The highest BCUT2D eigenvalue weighted by atomic mass is 16.5. The second-order valence-corrected chi connectivity index (χ2v) is 23.0. The predicted octanol–water partition coefficient (Wildman–Crippen LogP) is 7.57. The molecule has 7 atom stereocenters. The summed E-state index contributed by atoms with van der Waals surface area (Å²) in [5.74, 6) is -1.12. The Morgan fingerprint density at radius 3 is 1.50 bits per heavy atom. The minimum absolute atomic E-state index is 0.0248. The van der Waals surface area contributed by atoms with Crippen molar-refractivity contribution in [3.05, 3.63) is 143 Å². The van der Waals surface area contributed by atoms with Crippen LogP contribution >= 0.6 is 0 Å². The Morgan fingerprint density at radius 1 is 0.573 bits per heavy atom. The van der Waals surface area contributed by atoms with Gasteiger partial charge < -0.3 is 50.3 Å². The lowest BCUT2D eigenvalue weighted by molar-refractivity contribution is -0.140. The van der Waals surface area contributed by atoms with Crippen molar-refractivity contribution in [1.82, 2.24) is 40.9 Å². The van der Waals surface area contributed by atoms with Crippen molar-refractivity contribution in [1.29, 1.82) is 0 Å². The molecule has 16 nitrogen and oxygen atoms in total. The van der Waals surface area contributed by atoms with Crippen LogP contribution in [0, 0.1) is 5.92 Å². The Labute approximate surface area is 486 Å². The average Bonchev–Trinajstić information content (AvgIpc) is 4.27. The van der Waals surface area contributed by atoms with Gasteiger partial charge in [-0.25, -0.2) is 0 Å². The first kappa shape index (κ1) is 61.4. The Kier molecular flexibility index (Phi) is 22.5. The molecule has 8 rings (SSSR count). The zero-order valence-electron chi connectivity index (χ0n) is 49.2. The quantitative estimate of drug-likeness (QED) is 0.0511. The molecule has 0 spiro atoms. The Morgan fingerprint density at radius 2 is 1.02 bits per heavy atom. The second kappa shape index (κ2) is 30.0. The highest BCUT2D eigenvalue weighted by molar-refractivity contribution is 6.00. The van der Waals surface area contributed by atoms with Crippen LogP contribution in [0.4, 0.5) is 0 Å². The van der Waals surface area contributed by atoms with Gasteiger partial charge in [-0.15, -0.1) is 0 Å². The summed E-state index contributed by atoms with van der Waals surface area (Å²) in [6.07, 6.45) is 11.2. The van der Waals surface area contributed by atoms with Crippen LogP contribution in [0.5, 0.6) is 0 Å². The molecule has 2 heterocycles. The van der Waals surface area contributed by atoms with Gasteiger partial charge in [-0.05, 0) is 150 Å². The summed E-state index contributed by atoms with van der Waals surface area (Å²) in [6.45, 7) is 5.70. The first-order valence-corrected chi connectivity index (χ1v) is 30.0. The smallest absolute Gasteiger partial charge is 0.270 e. The van der Waals surface area contributed by atoms with E-state index in [1.807, 2.05) is 105 Å². The highest BCUT2D eigenvalue weighted by Gasteiger charge is 2.43. The van der Waals surface area contributed by atoms with Crippen LogP contribution in [0.15, 0.2) is 120 Å². The van der Waals surface area contributed by atoms with Gasteiger partial charge in [0.25, 0.3) is 17.7 Å². The number of methoxy groups -OCH3 is 2. The maximum atomic E-state index is 14.8. The highest BCUT2D eigenvalue weighted by Crippen LogP contribution is 2.33. The summed E-state index contributed by atoms with van der Waals surface area (Å²) < 4.78 is 11.8. The molecule has 4 aromatic carbocycles. The lowest BCUT2D eigenvalue weighted by Crippen LogP contribution is -2.57. The van der Waals surface area contributed by atoms with Crippen molar-refractivity contribution in [2.75, 3.05) is 67.6 Å². The molecule has 0 radical (unpaired) electrons. The van der Waals surface area contributed by atoms with Crippen LogP contribution in [0.25, 0.3) is 11.1 Å². The van der Waals surface area contributed by atoms with Gasteiger partial charge in [-0.2, -0.15) is 0 Å². The zero-order valence-corrected chi connectivity index (χ0v) is 49.2. The van der Waals surface area contributed by atoms with Crippen LogP contribution in [0.3, 0.4) is 0 Å². The Balaban J connectivity index is 1.00. The second-order valence-electron chi connectivity index (χ2n) is 23.0. The lowest BCUT2D eigenvalue weighted by atomic mass is 9.83. The molecule has 2 saturated heterocycles. The number of allylic oxidation sites excluding steroid dienone is 1. The molecule has 0 aromatic heterocycles. The molecule has 4 fully saturated rings. The van der Waals surface area contributed by atoms with Crippen LogP contribution in [-0.4, -0.2) is 165 Å². The number of ether oxygens (including phenoxy) is 2. The fraction of sp³-hybridized carbons (Fsp3) is 0.515. The summed E-state index contributed by atoms with van der Waals surface area (Å²) in [6, 6.07) is 32.9. The molecule has 440 valence electrons. The fourth-order valence-electron chi connectivity index (χ4n) is 12.3. The Bertz CT molecular complexity index is 2780. The number of amides is 6. The number of benzene rings is 4. The third-order valence-electron chi connectivity index (χ3n) is 17.6. The molecule has 16 heteroatoms. The van der Waals surface area contributed by atoms with E-state index in [9.17, 15) is 28.8 Å². The van der Waals surface area contributed by atoms with Gasteiger partial charge in [0, 0.05) is 64.6 Å². The Hall–Kier alpha value is -6.72. The van der Waals surface area contributed by atoms with Crippen molar-refractivity contribution >= 4 is 35.4 Å². The molecule has 4 aromatic rings. The molecule has 0 unspecified atom stereocenters. The molecule has 2 aliphatic heterocycles. The monoisotopic (exact) mass is 1120 g/mol. The van der Waals surface area contributed by atoms with E-state index in [0.717, 1.165) is 92.0 Å². The summed E-state index contributed by atoms with van der Waals surface area (Å²) >= 11 is 0. The molecule has 4 N–H and O–H groups in total. The SMILES string of the molecule is CN[C@@H](C)C(=O)NC(C(=O)N1C[C@@H](OC)C[C@H]1CN(CCc1ccccc1)C(=O)c1ccc(-c2ccc(C(=O)N(CCc3ccccc3)C[C@@H]3C[C@H](OC)CN3C(=O)[C@@H](NC(=O)[C@H](C)NC)C3CCCCC3)cc2)cc1)=C1CCCCC1. The molecule has 2 saturated carbocycles. The number of nitrogens with zero attached hydrogens (tertiary/aromatic N) is 4. The van der Waals surface area contributed by atoms with E-state index in [4.69, 9.17) is 9.47 Å². The predicted molar refractivity (Wildman–Crippen MR) is 320 cm³/mol. The molecule has 4 aliphatic rings. The number of hydrogen-bond donors (Lipinski definition) is 4. The normalized spacial score (nSPS) is 20.4. The van der Waals surface area contributed by atoms with Crippen molar-refractivity contribution in [3.8, 4) is 11.1 Å². The number of likely N-dealkylation sites (N-methyl/N-ethyl adjacent to an activating group) is 2. The van der Waals surface area contributed by atoms with Gasteiger partial charge >= 0.3 is 0 Å². The van der Waals surface area contributed by atoms with E-state index in [-0.39, 0.29) is 72.2 Å². The van der Waals surface area contributed by atoms with E-state index in [1.165, 1.54) is 0 Å². The molecule has 2 aliphatic carbocycles. The molecule has 0 bridgehead atoms. The third kappa shape index (κ3) is 15.9. The van der Waals surface area contributed by atoms with Gasteiger partial charge in [0.15, 0.2) is 0 Å². The maximum Gasteiger partial charge on any atom is 0.270 e. The van der Waals surface area contributed by atoms with Gasteiger partial charge in [0.1, 0.15) is 11.7 Å². The lowest BCUT2D eigenvalue weighted by Gasteiger charge is -2.36. The number of hydrogen-bond acceptors (Lipinski definition) is 10. The van der Waals surface area contributed by atoms with Crippen LogP contribution in [0.1, 0.15) is 123 Å². The van der Waals surface area contributed by atoms with Gasteiger partial charge in [-0.3, -0.25) is 28.8 Å². The van der Waals surface area contributed by atoms with Gasteiger partial charge in [0.2, 0.25) is 17.7 Å². The molecular weight excluding hydrogens is 1030 g/mol. The average molecular weight is 1120 g/mol. The number of rotatable bonds is 24. The van der Waals surface area contributed by atoms with E-state index in [1.54, 1.807) is 42.2 Å². The number of likely N-dealkylation sites (tertiary alicyclic amines) is 2. The standard InChI is InChI=1S/C66H88N8O8/c1-45(67-3)61(75)69-59(51-23-15-9-16-24-51)65(79)73-43-57(81-5)39-55(73)41-71(37-35-47-19-11-7-12-20-47)63(77)53-31-27-49(28-32-53)50-29-33-54(34-30-50)64(78)72(38-36-48-21-13-8-14-22-48)42-56-40-58(82-6)44-74(56)66(80)60(52-25-17-10-18-26-52)70-62(76)46(2)68-4/h7-8,11-14,19-22,27-34,45-46,51,55-59,67-68H,9-10,15-18,23-26,35-44H2,1-6H3,(H,69,75)(H,70,76)/t45-,46-,55-,56-,57-,58-,59-/m0/s1. The fourth-order valence-corrected chi connectivity index (χ4v) is 12.3. The molecular formula is C66H88N8O8. The third-order valence-corrected chi connectivity index (χ3v) is 17.6. The summed E-state index contributed by atoms with van der Waals surface area (Å²) in [5.41, 5.74) is 6.27. The maximum absolute atomic E-state index is 14.8. The zero-order chi connectivity index (χ0) is 58.1. The number of carbonyl (C=O) groups is 6. The number of nitrogens with one attached hydrogen (secondary N) is 4. The first-order chi connectivity index (χ1) is 39.8. The van der Waals surface area contributed by atoms with Crippen molar-refractivity contribution in [2.45, 2.75) is 146 Å². The van der Waals surface area contributed by atoms with E-state index in [0.29, 0.717) is 75.2 Å². The number of carbonyl (C=O) groups excluding carboxylic acids is 6. The topological polar surface area (TPSA) is 182 Å². The summed E-state index contributed by atoms with van der Waals surface area (Å²) in [5, 5.41) is 12.2. The van der Waals surface area contributed by atoms with E-state index >= 15 is 0 Å². The molecule has 82 heavy (non-hydrogen) atoms. The van der Waals surface area contributed by atoms with E-state index in [2.05, 4.69) is 45.5 Å².